The smallest absolute Gasteiger partial charge is 0.158 e. The van der Waals surface area contributed by atoms with Gasteiger partial charge in [0.05, 0.1) is 19.0 Å². The summed E-state index contributed by atoms with van der Waals surface area (Å²) in [6, 6.07) is 1.68. The summed E-state index contributed by atoms with van der Waals surface area (Å²) >= 11 is 5.95. The number of nitrogens with zero attached hydrogens (tertiary/aromatic N) is 4. The summed E-state index contributed by atoms with van der Waals surface area (Å²) in [6.45, 7) is 4.72. The molecule has 0 amide bonds. The molecule has 0 fully saturated rings. The third kappa shape index (κ3) is 2.98. The van der Waals surface area contributed by atoms with E-state index in [1.54, 1.807) is 23.1 Å². The molecule has 0 aliphatic rings. The van der Waals surface area contributed by atoms with Gasteiger partial charge in [0.1, 0.15) is 11.0 Å². The van der Waals surface area contributed by atoms with Crippen molar-refractivity contribution < 1.29 is 4.74 Å². The van der Waals surface area contributed by atoms with E-state index >= 15 is 0 Å². The molecule has 0 saturated heterocycles. The molecule has 0 N–H and O–H groups in total. The first-order chi connectivity index (χ1) is 8.72. The second kappa shape index (κ2) is 5.82. The van der Waals surface area contributed by atoms with Gasteiger partial charge in [-0.25, -0.2) is 14.6 Å². The van der Waals surface area contributed by atoms with Crippen molar-refractivity contribution in [1.29, 1.82) is 0 Å². The van der Waals surface area contributed by atoms with Gasteiger partial charge in [-0.15, -0.1) is 0 Å². The zero-order valence-electron chi connectivity index (χ0n) is 10.4. The Labute approximate surface area is 111 Å². The topological polar surface area (TPSA) is 52.8 Å². The molecule has 18 heavy (non-hydrogen) atoms. The van der Waals surface area contributed by atoms with E-state index in [1.165, 1.54) is 0 Å². The van der Waals surface area contributed by atoms with Crippen molar-refractivity contribution in [2.24, 2.45) is 0 Å². The van der Waals surface area contributed by atoms with Crippen LogP contribution < -0.4 is 4.74 Å². The molecule has 2 aromatic heterocycles. The Hall–Kier alpha value is -1.62. The van der Waals surface area contributed by atoms with Crippen LogP contribution in [0.1, 0.15) is 26.1 Å². The van der Waals surface area contributed by atoms with E-state index in [9.17, 15) is 0 Å². The maximum Gasteiger partial charge on any atom is 0.158 e. The molecule has 6 heteroatoms. The number of aromatic nitrogens is 4. The molecule has 0 atom stereocenters. The van der Waals surface area contributed by atoms with Crippen LogP contribution in [0.25, 0.3) is 5.82 Å². The molecule has 0 bridgehead atoms. The van der Waals surface area contributed by atoms with Crippen molar-refractivity contribution in [3.8, 4) is 11.6 Å². The zero-order valence-corrected chi connectivity index (χ0v) is 11.2. The maximum atomic E-state index is 5.95. The first-order valence-corrected chi connectivity index (χ1v) is 6.32. The van der Waals surface area contributed by atoms with Crippen LogP contribution in [0, 0.1) is 0 Å². The van der Waals surface area contributed by atoms with Gasteiger partial charge in [0, 0.05) is 12.5 Å². The van der Waals surface area contributed by atoms with Gasteiger partial charge >= 0.3 is 0 Å². The van der Waals surface area contributed by atoms with E-state index in [1.807, 2.05) is 6.92 Å². The lowest BCUT2D eigenvalue weighted by Gasteiger charge is -2.03. The van der Waals surface area contributed by atoms with Crippen LogP contribution in [-0.4, -0.2) is 26.4 Å². The van der Waals surface area contributed by atoms with E-state index in [0.29, 0.717) is 23.4 Å². The summed E-state index contributed by atoms with van der Waals surface area (Å²) in [4.78, 5) is 8.48. The summed E-state index contributed by atoms with van der Waals surface area (Å²) in [5, 5.41) is 4.62. The van der Waals surface area contributed by atoms with Crippen LogP contribution in [0.5, 0.6) is 5.75 Å². The second-order valence-electron chi connectivity index (χ2n) is 3.79. The van der Waals surface area contributed by atoms with Crippen LogP contribution in [0.3, 0.4) is 0 Å². The molecule has 2 rings (SSSR count). The van der Waals surface area contributed by atoms with Gasteiger partial charge in [-0.2, -0.15) is 5.10 Å². The Bertz CT molecular complexity index is 527. The molecule has 0 aromatic carbocycles. The average molecular weight is 267 g/mol. The molecule has 0 aliphatic heterocycles. The Morgan fingerprint density at radius 3 is 2.89 bits per heavy atom. The van der Waals surface area contributed by atoms with Gasteiger partial charge in [0.25, 0.3) is 0 Å². The van der Waals surface area contributed by atoms with E-state index in [4.69, 9.17) is 16.3 Å². The minimum atomic E-state index is 0.420. The third-order valence-corrected chi connectivity index (χ3v) is 2.50. The SMILES string of the molecule is CCCOc1cnn(-c2cc(Cl)nc(CC)n2)c1. The van der Waals surface area contributed by atoms with Gasteiger partial charge in [-0.05, 0) is 6.42 Å². The maximum absolute atomic E-state index is 5.95. The standard InChI is InChI=1S/C12H15ClN4O/c1-3-5-18-9-7-14-17(8-9)12-6-10(13)15-11(4-2)16-12/h6-8H,3-5H2,1-2H3. The molecule has 0 aliphatic carbocycles. The first kappa shape index (κ1) is 12.8. The lowest BCUT2D eigenvalue weighted by molar-refractivity contribution is 0.317. The van der Waals surface area contributed by atoms with E-state index in [2.05, 4.69) is 22.0 Å². The highest BCUT2D eigenvalue weighted by molar-refractivity contribution is 6.29. The molecular formula is C12H15ClN4O. The molecule has 0 radical (unpaired) electrons. The Morgan fingerprint density at radius 2 is 2.17 bits per heavy atom. The van der Waals surface area contributed by atoms with E-state index < -0.39 is 0 Å². The monoisotopic (exact) mass is 266 g/mol. The summed E-state index contributed by atoms with van der Waals surface area (Å²) in [7, 11) is 0. The van der Waals surface area contributed by atoms with Crippen LogP contribution in [0.2, 0.25) is 5.15 Å². The van der Waals surface area contributed by atoms with Crippen molar-refractivity contribution in [1.82, 2.24) is 19.7 Å². The predicted octanol–water partition coefficient (Wildman–Crippen LogP) is 2.67. The molecule has 96 valence electrons. The van der Waals surface area contributed by atoms with Crippen molar-refractivity contribution in [2.75, 3.05) is 6.61 Å². The van der Waals surface area contributed by atoms with E-state index in [0.717, 1.165) is 18.6 Å². The highest BCUT2D eigenvalue weighted by Gasteiger charge is 2.06. The van der Waals surface area contributed by atoms with Crippen LogP contribution in [0.4, 0.5) is 0 Å². The largest absolute Gasteiger partial charge is 0.490 e. The van der Waals surface area contributed by atoms with E-state index in [-0.39, 0.29) is 0 Å². The van der Waals surface area contributed by atoms with Gasteiger partial charge in [-0.1, -0.05) is 25.4 Å². The van der Waals surface area contributed by atoms with Crippen LogP contribution in [-0.2, 0) is 6.42 Å². The lowest BCUT2D eigenvalue weighted by Crippen LogP contribution is -2.03. The zero-order chi connectivity index (χ0) is 13.0. The quantitative estimate of drug-likeness (QED) is 0.781. The molecule has 0 unspecified atom stereocenters. The second-order valence-corrected chi connectivity index (χ2v) is 4.17. The summed E-state index contributed by atoms with van der Waals surface area (Å²) in [5.41, 5.74) is 0. The lowest BCUT2D eigenvalue weighted by atomic mass is 10.4. The van der Waals surface area contributed by atoms with Crippen molar-refractivity contribution in [2.45, 2.75) is 26.7 Å². The van der Waals surface area contributed by atoms with Gasteiger partial charge < -0.3 is 4.74 Å². The Kier molecular flexibility index (Phi) is 4.15. The number of rotatable bonds is 5. The average Bonchev–Trinajstić information content (AvgIpc) is 2.84. The molecular weight excluding hydrogens is 252 g/mol. The fourth-order valence-corrected chi connectivity index (χ4v) is 1.65. The number of aryl methyl sites for hydroxylation is 1. The van der Waals surface area contributed by atoms with Crippen molar-refractivity contribution >= 4 is 11.6 Å². The minimum absolute atomic E-state index is 0.420. The Morgan fingerprint density at radius 1 is 1.33 bits per heavy atom. The molecule has 2 heterocycles. The summed E-state index contributed by atoms with van der Waals surface area (Å²) in [6.07, 6.45) is 5.14. The molecule has 0 spiro atoms. The number of hydrogen-bond acceptors (Lipinski definition) is 4. The molecule has 2 aromatic rings. The van der Waals surface area contributed by atoms with Crippen LogP contribution in [0.15, 0.2) is 18.5 Å². The van der Waals surface area contributed by atoms with Crippen molar-refractivity contribution in [3.63, 3.8) is 0 Å². The van der Waals surface area contributed by atoms with Gasteiger partial charge in [-0.3, -0.25) is 0 Å². The summed E-state index contributed by atoms with van der Waals surface area (Å²) in [5.74, 6) is 2.08. The Balaban J connectivity index is 2.25. The van der Waals surface area contributed by atoms with Crippen LogP contribution >= 0.6 is 11.6 Å². The van der Waals surface area contributed by atoms with Crippen molar-refractivity contribution in [3.05, 3.63) is 29.4 Å². The molecule has 0 saturated carbocycles. The fourth-order valence-electron chi connectivity index (χ4n) is 1.45. The highest BCUT2D eigenvalue weighted by Crippen LogP contribution is 2.15. The van der Waals surface area contributed by atoms with Gasteiger partial charge in [0.15, 0.2) is 11.6 Å². The number of hydrogen-bond donors (Lipinski definition) is 0. The predicted molar refractivity (Wildman–Crippen MR) is 69.3 cm³/mol. The molecule has 5 nitrogen and oxygen atoms in total. The summed E-state index contributed by atoms with van der Waals surface area (Å²) < 4.78 is 7.12. The third-order valence-electron chi connectivity index (χ3n) is 2.31. The highest BCUT2D eigenvalue weighted by atomic mass is 35.5. The number of ether oxygens (including phenoxy) is 1. The number of halogens is 1. The fraction of sp³-hybridized carbons (Fsp3) is 0.417. The van der Waals surface area contributed by atoms with Gasteiger partial charge in [0.2, 0.25) is 0 Å². The minimum Gasteiger partial charge on any atom is -0.490 e. The normalized spacial score (nSPS) is 10.6. The first-order valence-electron chi connectivity index (χ1n) is 5.94.